The van der Waals surface area contributed by atoms with E-state index >= 15 is 0 Å². The molecule has 0 saturated heterocycles. The average molecular weight is 433 g/mol. The van der Waals surface area contributed by atoms with Crippen LogP contribution in [0.1, 0.15) is 5.56 Å². The van der Waals surface area contributed by atoms with Gasteiger partial charge in [0.25, 0.3) is 10.0 Å². The normalized spacial score (nSPS) is 13.5. The molecular formula is C13H7Cl2F3NO4S2-. The molecule has 0 spiro atoms. The number of hydrogen-bond donors (Lipinski definition) is 1. The highest BCUT2D eigenvalue weighted by Crippen LogP contribution is 2.36. The van der Waals surface area contributed by atoms with Crippen molar-refractivity contribution in [3.8, 4) is 0 Å². The van der Waals surface area contributed by atoms with E-state index in [4.69, 9.17) is 23.2 Å². The molecule has 2 aromatic rings. The maximum atomic E-state index is 12.9. The lowest BCUT2D eigenvalue weighted by Crippen LogP contribution is -2.16. The number of alkyl halides is 3. The van der Waals surface area contributed by atoms with Crippen LogP contribution in [0.15, 0.2) is 46.2 Å². The highest BCUT2D eigenvalue weighted by molar-refractivity contribution is 7.92. The first-order valence-electron chi connectivity index (χ1n) is 6.21. The van der Waals surface area contributed by atoms with Gasteiger partial charge in [-0.1, -0.05) is 29.3 Å². The number of rotatable bonds is 4. The van der Waals surface area contributed by atoms with Gasteiger partial charge in [-0.25, -0.2) is 8.42 Å². The Kier molecular flexibility index (Phi) is 5.69. The molecule has 12 heteroatoms. The molecule has 0 aliphatic heterocycles. The molecule has 5 nitrogen and oxygen atoms in total. The number of halogens is 5. The van der Waals surface area contributed by atoms with E-state index in [-0.39, 0.29) is 5.02 Å². The van der Waals surface area contributed by atoms with Crippen LogP contribution < -0.4 is 4.72 Å². The Morgan fingerprint density at radius 1 is 1.08 bits per heavy atom. The fourth-order valence-corrected chi connectivity index (χ4v) is 4.13. The quantitative estimate of drug-likeness (QED) is 0.738. The number of anilines is 1. The maximum Gasteiger partial charge on any atom is 0.417 e. The van der Waals surface area contributed by atoms with Gasteiger partial charge in [-0.3, -0.25) is 8.93 Å². The van der Waals surface area contributed by atoms with Crippen LogP contribution in [0, 0.1) is 0 Å². The summed E-state index contributed by atoms with van der Waals surface area (Å²) in [7, 11) is -4.53. The van der Waals surface area contributed by atoms with Crippen molar-refractivity contribution < 1.29 is 30.4 Å². The van der Waals surface area contributed by atoms with E-state index < -0.39 is 53.3 Å². The molecule has 0 fully saturated rings. The summed E-state index contributed by atoms with van der Waals surface area (Å²) < 4.78 is 87.6. The molecule has 0 amide bonds. The monoisotopic (exact) mass is 432 g/mol. The van der Waals surface area contributed by atoms with Gasteiger partial charge in [-0.15, -0.1) is 0 Å². The molecule has 0 heterocycles. The molecule has 25 heavy (non-hydrogen) atoms. The fourth-order valence-electron chi connectivity index (χ4n) is 1.85. The Bertz CT molecular complexity index is 949. The maximum absolute atomic E-state index is 12.9. The summed E-state index contributed by atoms with van der Waals surface area (Å²) in [4.78, 5) is -1.27. The summed E-state index contributed by atoms with van der Waals surface area (Å²) in [5, 5.41) is -0.920. The van der Waals surface area contributed by atoms with E-state index in [1.54, 1.807) is 0 Å². The van der Waals surface area contributed by atoms with Crippen molar-refractivity contribution in [2.24, 2.45) is 0 Å². The summed E-state index contributed by atoms with van der Waals surface area (Å²) in [5.41, 5.74) is -1.74. The van der Waals surface area contributed by atoms with Gasteiger partial charge < -0.3 is 4.55 Å². The number of hydrogen-bond acceptors (Lipinski definition) is 4. The van der Waals surface area contributed by atoms with Crippen LogP contribution in [0.25, 0.3) is 0 Å². The average Bonchev–Trinajstić information content (AvgIpc) is 2.45. The molecule has 0 aliphatic carbocycles. The summed E-state index contributed by atoms with van der Waals surface area (Å²) >= 11 is 8.28. The summed E-state index contributed by atoms with van der Waals surface area (Å²) in [6.45, 7) is 0. The zero-order valence-electron chi connectivity index (χ0n) is 11.8. The SMILES string of the molecule is O=S([O-])c1c(Cl)cccc1NS(=O)(=O)c1ccc(Cl)c(C(F)(F)F)c1. The van der Waals surface area contributed by atoms with E-state index in [0.717, 1.165) is 18.2 Å². The second-order valence-corrected chi connectivity index (χ2v) is 7.97. The van der Waals surface area contributed by atoms with Crippen molar-refractivity contribution in [3.05, 3.63) is 52.0 Å². The zero-order chi connectivity index (χ0) is 19.0. The lowest BCUT2D eigenvalue weighted by molar-refractivity contribution is -0.137. The molecule has 2 aromatic carbocycles. The molecule has 0 aromatic heterocycles. The van der Waals surface area contributed by atoms with Crippen LogP contribution in [0.3, 0.4) is 0 Å². The van der Waals surface area contributed by atoms with Crippen LogP contribution in [0.2, 0.25) is 10.0 Å². The summed E-state index contributed by atoms with van der Waals surface area (Å²) in [5.74, 6) is 0. The molecule has 0 aliphatic rings. The van der Waals surface area contributed by atoms with Gasteiger partial charge in [-0.2, -0.15) is 13.2 Å². The third kappa shape index (κ3) is 4.45. The van der Waals surface area contributed by atoms with Gasteiger partial charge >= 0.3 is 6.18 Å². The lowest BCUT2D eigenvalue weighted by Gasteiger charge is -2.16. The summed E-state index contributed by atoms with van der Waals surface area (Å²) in [6, 6.07) is 5.59. The van der Waals surface area contributed by atoms with Crippen LogP contribution in [-0.4, -0.2) is 17.2 Å². The molecule has 0 radical (unpaired) electrons. The van der Waals surface area contributed by atoms with Crippen molar-refractivity contribution in [2.45, 2.75) is 16.0 Å². The predicted molar refractivity (Wildman–Crippen MR) is 85.9 cm³/mol. The lowest BCUT2D eigenvalue weighted by atomic mass is 10.2. The smallest absolute Gasteiger partial charge is 0.417 e. The molecule has 1 atom stereocenters. The van der Waals surface area contributed by atoms with E-state index in [9.17, 15) is 30.4 Å². The van der Waals surface area contributed by atoms with Crippen molar-refractivity contribution >= 4 is 50.0 Å². The second kappa shape index (κ2) is 7.12. The molecule has 1 unspecified atom stereocenters. The van der Waals surface area contributed by atoms with E-state index in [0.29, 0.717) is 6.07 Å². The van der Waals surface area contributed by atoms with E-state index in [2.05, 4.69) is 0 Å². The number of benzene rings is 2. The van der Waals surface area contributed by atoms with Gasteiger partial charge in [-0.05, 0) is 41.4 Å². The minimum atomic E-state index is -4.86. The Hall–Kier alpha value is -1.33. The third-order valence-electron chi connectivity index (χ3n) is 2.93. The molecule has 1 N–H and O–H groups in total. The van der Waals surface area contributed by atoms with Crippen molar-refractivity contribution in [1.82, 2.24) is 0 Å². The first-order chi connectivity index (χ1) is 11.4. The zero-order valence-corrected chi connectivity index (χ0v) is 14.9. The van der Waals surface area contributed by atoms with E-state index in [1.165, 1.54) is 12.1 Å². The van der Waals surface area contributed by atoms with Crippen molar-refractivity contribution in [1.29, 1.82) is 0 Å². The third-order valence-corrected chi connectivity index (χ3v) is 5.82. The van der Waals surface area contributed by atoms with Crippen LogP contribution >= 0.6 is 23.2 Å². The topological polar surface area (TPSA) is 86.3 Å². The van der Waals surface area contributed by atoms with Gasteiger partial charge in [0.1, 0.15) is 0 Å². The van der Waals surface area contributed by atoms with Crippen molar-refractivity contribution in [2.75, 3.05) is 4.72 Å². The minimum Gasteiger partial charge on any atom is -0.768 e. The van der Waals surface area contributed by atoms with E-state index in [1.807, 2.05) is 4.72 Å². The number of nitrogens with one attached hydrogen (secondary N) is 1. The molecule has 2 rings (SSSR count). The Balaban J connectivity index is 2.52. The highest BCUT2D eigenvalue weighted by Gasteiger charge is 2.34. The van der Waals surface area contributed by atoms with Gasteiger partial charge in [0.15, 0.2) is 0 Å². The second-order valence-electron chi connectivity index (χ2n) is 4.60. The molecule has 136 valence electrons. The minimum absolute atomic E-state index is 0.249. The van der Waals surface area contributed by atoms with Crippen molar-refractivity contribution in [3.63, 3.8) is 0 Å². The molecular weight excluding hydrogens is 426 g/mol. The predicted octanol–water partition coefficient (Wildman–Crippen LogP) is 4.05. The summed E-state index contributed by atoms with van der Waals surface area (Å²) in [6.07, 6.45) is -4.86. The van der Waals surface area contributed by atoms with Gasteiger partial charge in [0.2, 0.25) is 0 Å². The highest BCUT2D eigenvalue weighted by atomic mass is 35.5. The van der Waals surface area contributed by atoms with Gasteiger partial charge in [0, 0.05) is 0 Å². The first kappa shape index (κ1) is 20.0. The van der Waals surface area contributed by atoms with Crippen LogP contribution in [-0.2, 0) is 27.3 Å². The van der Waals surface area contributed by atoms with Crippen LogP contribution in [0.5, 0.6) is 0 Å². The Labute approximate surface area is 153 Å². The van der Waals surface area contributed by atoms with Gasteiger partial charge in [0.05, 0.1) is 31.1 Å². The molecule has 0 bridgehead atoms. The van der Waals surface area contributed by atoms with Crippen LogP contribution in [0.4, 0.5) is 18.9 Å². The largest absolute Gasteiger partial charge is 0.768 e. The fraction of sp³-hybridized carbons (Fsp3) is 0.0769. The first-order valence-corrected chi connectivity index (χ1v) is 9.52. The standard InChI is InChI=1S/C13H8Cl2F3NO4S2/c14-9-5-4-7(6-8(9)13(16,17)18)25(22,23)19-11-3-1-2-10(15)12(11)24(20)21/h1-6,19H,(H,20,21)/p-1. The Morgan fingerprint density at radius 2 is 1.72 bits per heavy atom. The molecule has 0 saturated carbocycles. The Morgan fingerprint density at radius 3 is 2.28 bits per heavy atom. The number of sulfonamides is 1.